The van der Waals surface area contributed by atoms with Gasteiger partial charge in [-0.25, -0.2) is 0 Å². The van der Waals surface area contributed by atoms with Crippen molar-refractivity contribution in [2.45, 2.75) is 20.0 Å². The highest BCUT2D eigenvalue weighted by Crippen LogP contribution is 2.51. The van der Waals surface area contributed by atoms with Crippen molar-refractivity contribution in [1.29, 1.82) is 5.26 Å². The van der Waals surface area contributed by atoms with Gasteiger partial charge in [-0.3, -0.25) is 4.57 Å². The van der Waals surface area contributed by atoms with Crippen LogP contribution < -0.4 is 0 Å². The van der Waals surface area contributed by atoms with Crippen LogP contribution in [0.25, 0.3) is 0 Å². The fourth-order valence-corrected chi connectivity index (χ4v) is 3.43. The summed E-state index contributed by atoms with van der Waals surface area (Å²) >= 11 is 5.81. The topological polar surface area (TPSA) is 59.3 Å². The smallest absolute Gasteiger partial charge is 0.309 e. The largest absolute Gasteiger partial charge is 0.335 e. The molecule has 6 heteroatoms. The van der Waals surface area contributed by atoms with Crippen LogP contribution in [0.2, 0.25) is 5.02 Å². The van der Waals surface area contributed by atoms with Gasteiger partial charge in [0.1, 0.15) is 0 Å². The molecule has 0 saturated heterocycles. The Bertz CT molecular complexity index is 489. The molecule has 0 unspecified atom stereocenters. The van der Waals surface area contributed by atoms with E-state index in [-0.39, 0.29) is 6.16 Å². The molecular formula is C12H15ClNO3P. The molecule has 1 aromatic carbocycles. The van der Waals surface area contributed by atoms with Crippen LogP contribution in [-0.4, -0.2) is 13.2 Å². The molecule has 0 N–H and O–H groups in total. The van der Waals surface area contributed by atoms with Crippen LogP contribution >= 0.6 is 19.2 Å². The zero-order valence-corrected chi connectivity index (χ0v) is 12.0. The Morgan fingerprint density at radius 1 is 1.33 bits per heavy atom. The van der Waals surface area contributed by atoms with Gasteiger partial charge in [-0.2, -0.15) is 5.26 Å². The molecule has 0 bridgehead atoms. The molecule has 0 spiro atoms. The highest BCUT2D eigenvalue weighted by Gasteiger charge is 2.25. The first kappa shape index (κ1) is 15.2. The van der Waals surface area contributed by atoms with Crippen LogP contribution in [0.1, 0.15) is 25.0 Å². The van der Waals surface area contributed by atoms with Crippen LogP contribution in [0.3, 0.4) is 0 Å². The lowest BCUT2D eigenvalue weighted by Gasteiger charge is -2.17. The molecule has 0 aliphatic carbocycles. The molecule has 98 valence electrons. The second kappa shape index (κ2) is 6.92. The summed E-state index contributed by atoms with van der Waals surface area (Å²) in [4.78, 5) is 0. The van der Waals surface area contributed by atoms with E-state index in [0.29, 0.717) is 29.4 Å². The molecule has 0 radical (unpaired) electrons. The third-order valence-electron chi connectivity index (χ3n) is 2.21. The summed E-state index contributed by atoms with van der Waals surface area (Å²) in [6.07, 6.45) is 0.0781. The number of benzene rings is 1. The lowest BCUT2D eigenvalue weighted by molar-refractivity contribution is 0.219. The molecule has 1 rings (SSSR count). The molecule has 0 amide bonds. The Kier molecular flexibility index (Phi) is 5.84. The second-order valence-electron chi connectivity index (χ2n) is 3.52. The Morgan fingerprint density at radius 3 is 2.44 bits per heavy atom. The molecule has 0 aromatic heterocycles. The maximum atomic E-state index is 12.3. The van der Waals surface area contributed by atoms with Crippen LogP contribution in [-0.2, 0) is 19.8 Å². The molecule has 0 fully saturated rings. The van der Waals surface area contributed by atoms with Crippen LogP contribution in [0.15, 0.2) is 18.2 Å². The van der Waals surface area contributed by atoms with E-state index in [4.69, 9.17) is 25.9 Å². The van der Waals surface area contributed by atoms with E-state index in [0.717, 1.165) is 0 Å². The average molecular weight is 288 g/mol. The first-order valence-corrected chi connectivity index (χ1v) is 7.72. The van der Waals surface area contributed by atoms with E-state index >= 15 is 0 Å². The van der Waals surface area contributed by atoms with Gasteiger partial charge in [-0.1, -0.05) is 17.7 Å². The minimum Gasteiger partial charge on any atom is -0.309 e. The quantitative estimate of drug-likeness (QED) is 0.743. The Morgan fingerprint density at radius 2 is 1.94 bits per heavy atom. The molecule has 1 aromatic rings. The highest BCUT2D eigenvalue weighted by molar-refractivity contribution is 7.53. The summed E-state index contributed by atoms with van der Waals surface area (Å²) in [6, 6.07) is 6.89. The first-order chi connectivity index (χ1) is 8.54. The van der Waals surface area contributed by atoms with Crippen molar-refractivity contribution in [3.05, 3.63) is 34.3 Å². The summed E-state index contributed by atoms with van der Waals surface area (Å²) in [5.41, 5.74) is 1.01. The first-order valence-electron chi connectivity index (χ1n) is 5.61. The maximum Gasteiger partial charge on any atom is 0.335 e. The van der Waals surface area contributed by atoms with E-state index in [9.17, 15) is 4.57 Å². The van der Waals surface area contributed by atoms with Gasteiger partial charge in [-0.15, -0.1) is 0 Å². The molecule has 0 aliphatic heterocycles. The van der Waals surface area contributed by atoms with Crippen molar-refractivity contribution in [3.8, 4) is 6.07 Å². The monoisotopic (exact) mass is 287 g/mol. The van der Waals surface area contributed by atoms with Crippen molar-refractivity contribution in [2.75, 3.05) is 13.2 Å². The molecule has 4 nitrogen and oxygen atoms in total. The second-order valence-corrected chi connectivity index (χ2v) is 6.01. The van der Waals surface area contributed by atoms with E-state index in [1.165, 1.54) is 0 Å². The Balaban J connectivity index is 3.01. The summed E-state index contributed by atoms with van der Waals surface area (Å²) in [5, 5.41) is 9.49. The molecule has 0 atom stereocenters. The number of rotatable bonds is 6. The third-order valence-corrected chi connectivity index (χ3v) is 4.47. The lowest BCUT2D eigenvalue weighted by Crippen LogP contribution is -2.00. The zero-order valence-electron chi connectivity index (χ0n) is 10.4. The van der Waals surface area contributed by atoms with Crippen molar-refractivity contribution >= 4 is 19.2 Å². The van der Waals surface area contributed by atoms with Gasteiger partial charge in [-0.05, 0) is 31.5 Å². The minimum atomic E-state index is -3.19. The Hall–Kier alpha value is -0.850. The third kappa shape index (κ3) is 4.12. The van der Waals surface area contributed by atoms with E-state index in [1.54, 1.807) is 32.0 Å². The van der Waals surface area contributed by atoms with E-state index < -0.39 is 7.60 Å². The number of hydrogen-bond acceptors (Lipinski definition) is 4. The summed E-state index contributed by atoms with van der Waals surface area (Å²) in [6.45, 7) is 4.09. The molecular weight excluding hydrogens is 273 g/mol. The lowest BCUT2D eigenvalue weighted by atomic mass is 10.1. The van der Waals surface area contributed by atoms with Gasteiger partial charge in [0, 0.05) is 5.02 Å². The van der Waals surface area contributed by atoms with Gasteiger partial charge in [0.05, 0.1) is 31.0 Å². The Labute approximate surface area is 112 Å². The number of hydrogen-bond donors (Lipinski definition) is 0. The molecule has 0 aliphatic rings. The molecule has 0 saturated carbocycles. The summed E-state index contributed by atoms with van der Waals surface area (Å²) < 4.78 is 22.7. The van der Waals surface area contributed by atoms with Gasteiger partial charge in [0.25, 0.3) is 0 Å². The van der Waals surface area contributed by atoms with Gasteiger partial charge in [0.2, 0.25) is 0 Å². The SMILES string of the molecule is CCOP(=O)(Cc1ccc(Cl)cc1C#N)OCC. The van der Waals surface area contributed by atoms with Crippen molar-refractivity contribution in [1.82, 2.24) is 0 Å². The average Bonchev–Trinajstić information content (AvgIpc) is 2.32. The standard InChI is InChI=1S/C12H15ClNO3P/c1-3-16-18(15,17-4-2)9-10-5-6-12(13)7-11(10)8-14/h5-7H,3-4,9H2,1-2H3. The van der Waals surface area contributed by atoms with Crippen molar-refractivity contribution < 1.29 is 13.6 Å². The predicted molar refractivity (Wildman–Crippen MR) is 70.7 cm³/mol. The van der Waals surface area contributed by atoms with Gasteiger partial charge in [0.15, 0.2) is 0 Å². The number of halogens is 1. The van der Waals surface area contributed by atoms with Crippen molar-refractivity contribution in [3.63, 3.8) is 0 Å². The predicted octanol–water partition coefficient (Wildman–Crippen LogP) is 3.98. The molecule has 18 heavy (non-hydrogen) atoms. The zero-order chi connectivity index (χ0) is 13.6. The van der Waals surface area contributed by atoms with E-state index in [1.807, 2.05) is 6.07 Å². The minimum absolute atomic E-state index is 0.0781. The number of nitrogens with zero attached hydrogens (tertiary/aromatic N) is 1. The fraction of sp³-hybridized carbons (Fsp3) is 0.417. The van der Waals surface area contributed by atoms with Gasteiger partial charge >= 0.3 is 7.60 Å². The summed E-state index contributed by atoms with van der Waals surface area (Å²) in [5.74, 6) is 0. The molecule has 0 heterocycles. The fourth-order valence-electron chi connectivity index (χ4n) is 1.52. The normalized spacial score (nSPS) is 11.2. The van der Waals surface area contributed by atoms with E-state index in [2.05, 4.69) is 0 Å². The van der Waals surface area contributed by atoms with Crippen molar-refractivity contribution in [2.24, 2.45) is 0 Å². The summed E-state index contributed by atoms with van der Waals surface area (Å²) in [7, 11) is -3.19. The number of nitriles is 1. The van der Waals surface area contributed by atoms with Crippen LogP contribution in [0, 0.1) is 11.3 Å². The highest BCUT2D eigenvalue weighted by atomic mass is 35.5. The maximum absolute atomic E-state index is 12.3. The van der Waals surface area contributed by atoms with Crippen LogP contribution in [0.5, 0.6) is 0 Å². The van der Waals surface area contributed by atoms with Gasteiger partial charge < -0.3 is 9.05 Å². The van der Waals surface area contributed by atoms with Crippen LogP contribution in [0.4, 0.5) is 0 Å².